The van der Waals surface area contributed by atoms with E-state index in [1.54, 1.807) is 13.0 Å². The minimum atomic E-state index is -3.53. The number of rotatable bonds is 7. The highest BCUT2D eigenvalue weighted by Gasteiger charge is 2.19. The van der Waals surface area contributed by atoms with Gasteiger partial charge in [-0.05, 0) is 31.0 Å². The first kappa shape index (κ1) is 17.7. The summed E-state index contributed by atoms with van der Waals surface area (Å²) in [5.41, 5.74) is 1.18. The number of hydrogen-bond acceptors (Lipinski definition) is 3. The van der Waals surface area contributed by atoms with E-state index in [1.807, 2.05) is 0 Å². The minimum absolute atomic E-state index is 0.136. The fourth-order valence-electron chi connectivity index (χ4n) is 1.89. The molecule has 0 saturated carbocycles. The van der Waals surface area contributed by atoms with Gasteiger partial charge in [0.1, 0.15) is 0 Å². The van der Waals surface area contributed by atoms with Crippen molar-refractivity contribution >= 4 is 15.9 Å². The molecule has 6 heteroatoms. The summed E-state index contributed by atoms with van der Waals surface area (Å²) in [5, 5.41) is 2.84. The maximum absolute atomic E-state index is 12.2. The van der Waals surface area contributed by atoms with E-state index in [9.17, 15) is 13.2 Å². The van der Waals surface area contributed by atoms with Gasteiger partial charge in [-0.25, -0.2) is 12.7 Å². The van der Waals surface area contributed by atoms with Gasteiger partial charge in [0.15, 0.2) is 0 Å². The Labute approximate surface area is 127 Å². The highest BCUT2D eigenvalue weighted by molar-refractivity contribution is 7.89. The van der Waals surface area contributed by atoms with Crippen molar-refractivity contribution in [1.29, 1.82) is 0 Å². The molecule has 0 aliphatic rings. The summed E-state index contributed by atoms with van der Waals surface area (Å²) in [6.07, 6.45) is 3.08. The zero-order valence-electron chi connectivity index (χ0n) is 13.1. The lowest BCUT2D eigenvalue weighted by Gasteiger charge is -2.14. The number of carbonyl (C=O) groups excluding carboxylic acids is 1. The molecule has 0 saturated heterocycles. The van der Waals surface area contributed by atoms with Crippen molar-refractivity contribution in [3.05, 3.63) is 29.3 Å². The van der Waals surface area contributed by atoms with Crippen LogP contribution in [0.1, 0.15) is 42.1 Å². The van der Waals surface area contributed by atoms with E-state index < -0.39 is 10.0 Å². The quantitative estimate of drug-likeness (QED) is 0.785. The molecular formula is C15H24N2O3S. The second kappa shape index (κ2) is 7.56. The second-order valence-electron chi connectivity index (χ2n) is 5.23. The summed E-state index contributed by atoms with van der Waals surface area (Å²) in [6, 6.07) is 4.63. The first-order chi connectivity index (χ1) is 9.80. The number of benzene rings is 1. The first-order valence-electron chi connectivity index (χ1n) is 7.12. The highest BCUT2D eigenvalue weighted by Crippen LogP contribution is 2.18. The fourth-order valence-corrected chi connectivity index (χ4v) is 2.82. The summed E-state index contributed by atoms with van der Waals surface area (Å²) in [7, 11) is -0.582. The molecular weight excluding hydrogens is 288 g/mol. The zero-order chi connectivity index (χ0) is 16.0. The van der Waals surface area contributed by atoms with Crippen LogP contribution in [0.2, 0.25) is 0 Å². The molecule has 21 heavy (non-hydrogen) atoms. The molecule has 0 aromatic heterocycles. The van der Waals surface area contributed by atoms with Crippen LogP contribution in [-0.2, 0) is 10.0 Å². The van der Waals surface area contributed by atoms with Crippen molar-refractivity contribution < 1.29 is 13.2 Å². The maximum Gasteiger partial charge on any atom is 0.251 e. The zero-order valence-corrected chi connectivity index (χ0v) is 14.0. The van der Waals surface area contributed by atoms with E-state index in [0.29, 0.717) is 12.1 Å². The van der Waals surface area contributed by atoms with E-state index >= 15 is 0 Å². The summed E-state index contributed by atoms with van der Waals surface area (Å²) >= 11 is 0. The Morgan fingerprint density at radius 3 is 2.48 bits per heavy atom. The molecule has 0 fully saturated rings. The standard InChI is InChI=1S/C15H24N2O3S/c1-5-6-7-10-16-15(18)14-11-13(9-8-12(14)2)21(19,20)17(3)4/h8-9,11H,5-7,10H2,1-4H3,(H,16,18). The molecule has 5 nitrogen and oxygen atoms in total. The third-order valence-corrected chi connectivity index (χ3v) is 5.11. The van der Waals surface area contributed by atoms with Gasteiger partial charge in [-0.2, -0.15) is 0 Å². The lowest BCUT2D eigenvalue weighted by atomic mass is 10.1. The number of amides is 1. The average Bonchev–Trinajstić information content (AvgIpc) is 2.43. The Bertz CT molecular complexity index is 595. The fraction of sp³-hybridized carbons (Fsp3) is 0.533. The smallest absolute Gasteiger partial charge is 0.251 e. The van der Waals surface area contributed by atoms with Crippen molar-refractivity contribution in [2.24, 2.45) is 0 Å². The Morgan fingerprint density at radius 2 is 1.90 bits per heavy atom. The van der Waals surface area contributed by atoms with Gasteiger partial charge < -0.3 is 5.32 Å². The molecule has 0 atom stereocenters. The number of nitrogens with one attached hydrogen (secondary N) is 1. The van der Waals surface area contributed by atoms with Crippen molar-refractivity contribution in [3.8, 4) is 0 Å². The monoisotopic (exact) mass is 312 g/mol. The summed E-state index contributed by atoms with van der Waals surface area (Å²) in [4.78, 5) is 12.3. The molecule has 0 bridgehead atoms. The minimum Gasteiger partial charge on any atom is -0.352 e. The number of sulfonamides is 1. The highest BCUT2D eigenvalue weighted by atomic mass is 32.2. The summed E-state index contributed by atoms with van der Waals surface area (Å²) < 4.78 is 25.4. The van der Waals surface area contributed by atoms with Gasteiger partial charge >= 0.3 is 0 Å². The van der Waals surface area contributed by atoms with Gasteiger partial charge in [0, 0.05) is 26.2 Å². The van der Waals surface area contributed by atoms with Crippen LogP contribution in [0.15, 0.2) is 23.1 Å². The number of hydrogen-bond donors (Lipinski definition) is 1. The Hall–Kier alpha value is -1.40. The second-order valence-corrected chi connectivity index (χ2v) is 7.38. The lowest BCUT2D eigenvalue weighted by molar-refractivity contribution is 0.0952. The molecule has 0 spiro atoms. The number of carbonyl (C=O) groups is 1. The van der Waals surface area contributed by atoms with Crippen LogP contribution >= 0.6 is 0 Å². The molecule has 118 valence electrons. The largest absolute Gasteiger partial charge is 0.352 e. The van der Waals surface area contributed by atoms with Crippen LogP contribution in [0, 0.1) is 6.92 Å². The van der Waals surface area contributed by atoms with E-state index in [2.05, 4.69) is 12.2 Å². The number of aryl methyl sites for hydroxylation is 1. The van der Waals surface area contributed by atoms with E-state index in [4.69, 9.17) is 0 Å². The Morgan fingerprint density at radius 1 is 1.24 bits per heavy atom. The third-order valence-electron chi connectivity index (χ3n) is 3.30. The Balaban J connectivity index is 2.95. The van der Waals surface area contributed by atoms with Crippen LogP contribution < -0.4 is 5.32 Å². The predicted molar refractivity (Wildman–Crippen MR) is 83.9 cm³/mol. The summed E-state index contributed by atoms with van der Waals surface area (Å²) in [5.74, 6) is -0.223. The van der Waals surface area contributed by atoms with Gasteiger partial charge in [-0.3, -0.25) is 4.79 Å². The molecule has 0 radical (unpaired) electrons. The van der Waals surface area contributed by atoms with Gasteiger partial charge in [0.25, 0.3) is 5.91 Å². The lowest BCUT2D eigenvalue weighted by Crippen LogP contribution is -2.26. The first-order valence-corrected chi connectivity index (χ1v) is 8.56. The predicted octanol–water partition coefficient (Wildman–Crippen LogP) is 2.17. The molecule has 1 N–H and O–H groups in total. The maximum atomic E-state index is 12.2. The number of nitrogens with zero attached hydrogens (tertiary/aromatic N) is 1. The molecule has 1 rings (SSSR count). The van der Waals surface area contributed by atoms with Crippen LogP contribution in [0.25, 0.3) is 0 Å². The van der Waals surface area contributed by atoms with E-state index in [0.717, 1.165) is 29.1 Å². The molecule has 0 aliphatic heterocycles. The number of unbranched alkanes of at least 4 members (excludes halogenated alkanes) is 2. The molecule has 1 amide bonds. The third kappa shape index (κ3) is 4.54. The topological polar surface area (TPSA) is 66.5 Å². The van der Waals surface area contributed by atoms with Crippen molar-refractivity contribution in [3.63, 3.8) is 0 Å². The van der Waals surface area contributed by atoms with Crippen molar-refractivity contribution in [1.82, 2.24) is 9.62 Å². The van der Waals surface area contributed by atoms with E-state index in [1.165, 1.54) is 26.2 Å². The van der Waals surface area contributed by atoms with Crippen molar-refractivity contribution in [2.75, 3.05) is 20.6 Å². The van der Waals surface area contributed by atoms with Crippen LogP contribution in [0.4, 0.5) is 0 Å². The van der Waals surface area contributed by atoms with Crippen LogP contribution in [0.3, 0.4) is 0 Å². The molecule has 0 unspecified atom stereocenters. The van der Waals surface area contributed by atoms with Crippen LogP contribution in [0.5, 0.6) is 0 Å². The SMILES string of the molecule is CCCCCNC(=O)c1cc(S(=O)(=O)N(C)C)ccc1C. The summed E-state index contributed by atoms with van der Waals surface area (Å²) in [6.45, 7) is 4.51. The molecule has 0 aliphatic carbocycles. The molecule has 0 heterocycles. The van der Waals surface area contributed by atoms with Gasteiger partial charge in [0.2, 0.25) is 10.0 Å². The Kier molecular flexibility index (Phi) is 6.36. The van der Waals surface area contributed by atoms with Crippen LogP contribution in [-0.4, -0.2) is 39.3 Å². The normalized spacial score (nSPS) is 11.7. The van der Waals surface area contributed by atoms with Gasteiger partial charge in [-0.1, -0.05) is 25.8 Å². The van der Waals surface area contributed by atoms with E-state index in [-0.39, 0.29) is 10.8 Å². The van der Waals surface area contributed by atoms with Gasteiger partial charge in [-0.15, -0.1) is 0 Å². The van der Waals surface area contributed by atoms with Gasteiger partial charge in [0.05, 0.1) is 4.90 Å². The van der Waals surface area contributed by atoms with Crippen molar-refractivity contribution in [2.45, 2.75) is 38.0 Å². The molecule has 1 aromatic rings. The average molecular weight is 312 g/mol. The molecule has 1 aromatic carbocycles.